The second-order valence-corrected chi connectivity index (χ2v) is 12.4. The Morgan fingerprint density at radius 2 is 1.83 bits per heavy atom. The number of nitrogens with zero attached hydrogens (tertiary/aromatic N) is 3. The van der Waals surface area contributed by atoms with Crippen molar-refractivity contribution in [3.63, 3.8) is 0 Å². The van der Waals surface area contributed by atoms with Gasteiger partial charge < -0.3 is 19.1 Å². The predicted octanol–water partition coefficient (Wildman–Crippen LogP) is 6.87. The number of rotatable bonds is 8. The van der Waals surface area contributed by atoms with Crippen LogP contribution in [0, 0.1) is 0 Å². The molecule has 1 aromatic heterocycles. The molecule has 1 aliphatic rings. The van der Waals surface area contributed by atoms with Crippen LogP contribution in [0.5, 0.6) is 17.2 Å². The van der Waals surface area contributed by atoms with E-state index in [9.17, 15) is 21.6 Å². The van der Waals surface area contributed by atoms with Crippen molar-refractivity contribution in [2.75, 3.05) is 36.6 Å². The van der Waals surface area contributed by atoms with Crippen molar-refractivity contribution >= 4 is 53.8 Å². The Bertz CT molecular complexity index is 1650. The molecule has 216 valence electrons. The minimum Gasteiger partial charge on any atom is -0.497 e. The van der Waals surface area contributed by atoms with Gasteiger partial charge in [0.2, 0.25) is 0 Å². The van der Waals surface area contributed by atoms with Gasteiger partial charge >= 0.3 is 6.18 Å². The Morgan fingerprint density at radius 1 is 1.07 bits per heavy atom. The molecule has 0 unspecified atom stereocenters. The minimum atomic E-state index is -4.53. The van der Waals surface area contributed by atoms with Crippen molar-refractivity contribution in [3.8, 4) is 17.2 Å². The quantitative estimate of drug-likeness (QED) is 0.203. The summed E-state index contributed by atoms with van der Waals surface area (Å²) >= 11 is 4.60. The summed E-state index contributed by atoms with van der Waals surface area (Å²) in [7, 11) is -1.32. The molecule has 0 amide bonds. The Hall–Kier alpha value is -3.49. The highest BCUT2D eigenvalue weighted by Crippen LogP contribution is 2.46. The fraction of sp³-hybridized carbons (Fsp3) is 0.222. The van der Waals surface area contributed by atoms with Gasteiger partial charge in [0, 0.05) is 22.1 Å². The lowest BCUT2D eigenvalue weighted by Crippen LogP contribution is -2.32. The van der Waals surface area contributed by atoms with E-state index in [4.69, 9.17) is 14.2 Å². The van der Waals surface area contributed by atoms with Crippen molar-refractivity contribution in [1.82, 2.24) is 4.98 Å². The summed E-state index contributed by atoms with van der Waals surface area (Å²) in [6.07, 6.45) is -3.01. The van der Waals surface area contributed by atoms with Crippen molar-refractivity contribution in [3.05, 3.63) is 81.8 Å². The van der Waals surface area contributed by atoms with Crippen LogP contribution in [0.4, 0.5) is 29.7 Å². The van der Waals surface area contributed by atoms with E-state index in [1.165, 1.54) is 41.1 Å². The number of halogens is 4. The monoisotopic (exact) mass is 669 g/mol. The third-order valence-corrected chi connectivity index (χ3v) is 9.96. The smallest absolute Gasteiger partial charge is 0.416 e. The molecule has 4 aromatic rings. The van der Waals surface area contributed by atoms with Crippen LogP contribution in [0.3, 0.4) is 0 Å². The van der Waals surface area contributed by atoms with Gasteiger partial charge in [0.15, 0.2) is 5.13 Å². The molecule has 14 heteroatoms. The van der Waals surface area contributed by atoms with Crippen molar-refractivity contribution < 1.29 is 35.8 Å². The summed E-state index contributed by atoms with van der Waals surface area (Å²) in [5.74, 6) is 0.916. The first-order chi connectivity index (χ1) is 19.5. The zero-order valence-corrected chi connectivity index (χ0v) is 24.9. The third-order valence-electron chi connectivity index (χ3n) is 6.36. The minimum absolute atomic E-state index is 0.0130. The fourth-order valence-corrected chi connectivity index (χ4v) is 7.64. The van der Waals surface area contributed by atoms with Gasteiger partial charge in [-0.25, -0.2) is 17.7 Å². The predicted molar refractivity (Wildman–Crippen MR) is 153 cm³/mol. The number of ether oxygens (including phenoxy) is 3. The van der Waals surface area contributed by atoms with Crippen LogP contribution in [0.15, 0.2) is 75.5 Å². The molecule has 0 spiro atoms. The third kappa shape index (κ3) is 5.81. The fourth-order valence-electron chi connectivity index (χ4n) is 4.35. The Labute approximate surface area is 247 Å². The van der Waals surface area contributed by atoms with Crippen LogP contribution in [-0.2, 0) is 22.7 Å². The van der Waals surface area contributed by atoms with E-state index >= 15 is 0 Å². The van der Waals surface area contributed by atoms with Gasteiger partial charge in [0.25, 0.3) is 10.0 Å². The number of fused-ring (bicyclic) bond motifs is 1. The highest BCUT2D eigenvalue weighted by Gasteiger charge is 2.34. The zero-order chi connectivity index (χ0) is 29.4. The van der Waals surface area contributed by atoms with E-state index in [1.54, 1.807) is 47.7 Å². The van der Waals surface area contributed by atoms with Crippen LogP contribution < -0.4 is 23.4 Å². The number of methoxy groups -OCH3 is 2. The lowest BCUT2D eigenvalue weighted by molar-refractivity contribution is -0.137. The Kier molecular flexibility index (Phi) is 8.08. The maximum Gasteiger partial charge on any atom is 0.416 e. The van der Waals surface area contributed by atoms with Gasteiger partial charge in [-0.1, -0.05) is 12.1 Å². The van der Waals surface area contributed by atoms with Crippen molar-refractivity contribution in [2.45, 2.75) is 17.6 Å². The zero-order valence-electron chi connectivity index (χ0n) is 21.7. The van der Waals surface area contributed by atoms with E-state index in [2.05, 4.69) is 20.9 Å². The van der Waals surface area contributed by atoms with E-state index in [0.29, 0.717) is 23.7 Å². The summed E-state index contributed by atoms with van der Waals surface area (Å²) in [5, 5.41) is 1.97. The molecule has 0 saturated carbocycles. The average molecular weight is 671 g/mol. The second kappa shape index (κ2) is 11.4. The van der Waals surface area contributed by atoms with Crippen LogP contribution in [0.1, 0.15) is 11.1 Å². The Morgan fingerprint density at radius 3 is 2.46 bits per heavy atom. The molecular formula is C27H23BrF3N3O5S2. The summed E-state index contributed by atoms with van der Waals surface area (Å²) in [5.41, 5.74) is 0.733. The summed E-state index contributed by atoms with van der Waals surface area (Å²) in [6.45, 7) is 0.482. The number of hydrogen-bond acceptors (Lipinski definition) is 8. The van der Waals surface area contributed by atoms with Gasteiger partial charge in [-0.05, 0) is 57.9 Å². The van der Waals surface area contributed by atoms with Gasteiger partial charge in [-0.3, -0.25) is 0 Å². The van der Waals surface area contributed by atoms with Crippen LogP contribution in [0.2, 0.25) is 0 Å². The molecule has 41 heavy (non-hydrogen) atoms. The average Bonchev–Trinajstić information content (AvgIpc) is 3.49. The maximum absolute atomic E-state index is 14.1. The summed E-state index contributed by atoms with van der Waals surface area (Å²) in [4.78, 5) is 5.92. The molecule has 5 rings (SSSR count). The first-order valence-corrected chi connectivity index (χ1v) is 15.2. The van der Waals surface area contributed by atoms with Gasteiger partial charge in [0.1, 0.15) is 28.8 Å². The molecule has 0 saturated heterocycles. The van der Waals surface area contributed by atoms with Gasteiger partial charge in [0.05, 0.1) is 44.2 Å². The first-order valence-electron chi connectivity index (χ1n) is 12.1. The van der Waals surface area contributed by atoms with E-state index < -0.39 is 21.8 Å². The molecule has 2 heterocycles. The normalized spacial score (nSPS) is 13.4. The van der Waals surface area contributed by atoms with Crippen LogP contribution >= 0.6 is 27.3 Å². The van der Waals surface area contributed by atoms with Gasteiger partial charge in [-0.15, -0.1) is 11.3 Å². The number of benzene rings is 3. The molecule has 1 aliphatic heterocycles. The lowest BCUT2D eigenvalue weighted by Gasteiger charge is -2.33. The molecule has 0 radical (unpaired) electrons. The molecule has 3 aromatic carbocycles. The number of sulfonamides is 1. The van der Waals surface area contributed by atoms with Crippen molar-refractivity contribution in [2.24, 2.45) is 0 Å². The van der Waals surface area contributed by atoms with Crippen LogP contribution in [-0.4, -0.2) is 40.8 Å². The van der Waals surface area contributed by atoms with Gasteiger partial charge in [-0.2, -0.15) is 13.2 Å². The molecule has 0 aliphatic carbocycles. The largest absolute Gasteiger partial charge is 0.497 e. The molecule has 0 fully saturated rings. The second-order valence-electron chi connectivity index (χ2n) is 8.81. The number of hydrogen-bond donors (Lipinski definition) is 0. The SMILES string of the molecule is COc1ccc(CN(c2nccs2)S(=O)(=O)c2cc3c(cc2Br)N(c2ccc(C(F)(F)F)cc2OC)CCO3)cc1. The molecule has 8 nitrogen and oxygen atoms in total. The highest BCUT2D eigenvalue weighted by atomic mass is 79.9. The lowest BCUT2D eigenvalue weighted by atomic mass is 10.1. The number of anilines is 3. The molecule has 0 atom stereocenters. The van der Waals surface area contributed by atoms with E-state index in [-0.39, 0.29) is 39.2 Å². The molecule has 0 N–H and O–H groups in total. The Balaban J connectivity index is 1.54. The number of alkyl halides is 3. The topological polar surface area (TPSA) is 81.2 Å². The summed E-state index contributed by atoms with van der Waals surface area (Å²) in [6, 6.07) is 13.3. The summed E-state index contributed by atoms with van der Waals surface area (Å²) < 4.78 is 85.9. The number of thiazole rings is 1. The van der Waals surface area contributed by atoms with Crippen molar-refractivity contribution in [1.29, 1.82) is 0 Å². The standard InChI is InChI=1S/C27H23BrF3N3O5S2/c1-37-19-6-3-17(4-7-19)16-34(26-32-9-12-40-26)41(35,36)25-15-24-22(14-20(25)28)33(10-11-39-24)21-8-5-18(27(29,30)31)13-23(21)38-2/h3-9,12-15H,10-11,16H2,1-2H3. The molecular weight excluding hydrogens is 647 g/mol. The highest BCUT2D eigenvalue weighted by molar-refractivity contribution is 9.10. The first kappa shape index (κ1) is 29.0. The van der Waals surface area contributed by atoms with E-state index in [0.717, 1.165) is 17.7 Å². The molecule has 0 bridgehead atoms. The number of aromatic nitrogens is 1. The van der Waals surface area contributed by atoms with Crippen LogP contribution in [0.25, 0.3) is 0 Å². The maximum atomic E-state index is 14.1. The van der Waals surface area contributed by atoms with E-state index in [1.807, 2.05) is 0 Å².